The SMILES string of the molecule is CC(F)(CC1CCCCC1)C1CCCNC1. The molecule has 1 heterocycles. The lowest BCUT2D eigenvalue weighted by Gasteiger charge is -2.37. The van der Waals surface area contributed by atoms with Gasteiger partial charge in [0.05, 0.1) is 0 Å². The summed E-state index contributed by atoms with van der Waals surface area (Å²) in [6.45, 7) is 3.81. The molecule has 1 N–H and O–H groups in total. The van der Waals surface area contributed by atoms with Gasteiger partial charge in [-0.05, 0) is 38.6 Å². The number of hydrogen-bond donors (Lipinski definition) is 1. The molecule has 0 aromatic rings. The van der Waals surface area contributed by atoms with Crippen molar-refractivity contribution in [3.8, 4) is 0 Å². The van der Waals surface area contributed by atoms with Crippen LogP contribution in [0, 0.1) is 11.8 Å². The summed E-state index contributed by atoms with van der Waals surface area (Å²) >= 11 is 0. The van der Waals surface area contributed by atoms with Crippen LogP contribution in [0.1, 0.15) is 58.3 Å². The number of piperidine rings is 1. The van der Waals surface area contributed by atoms with Crippen LogP contribution in [0.3, 0.4) is 0 Å². The molecule has 1 nitrogen and oxygen atoms in total. The summed E-state index contributed by atoms with van der Waals surface area (Å²) in [5, 5.41) is 3.34. The summed E-state index contributed by atoms with van der Waals surface area (Å²) in [6, 6.07) is 0. The molecule has 94 valence electrons. The predicted molar refractivity (Wildman–Crippen MR) is 66.3 cm³/mol. The van der Waals surface area contributed by atoms with E-state index < -0.39 is 5.67 Å². The highest BCUT2D eigenvalue weighted by Gasteiger charge is 2.37. The summed E-state index contributed by atoms with van der Waals surface area (Å²) in [4.78, 5) is 0. The molecule has 16 heavy (non-hydrogen) atoms. The van der Waals surface area contributed by atoms with Gasteiger partial charge in [-0.15, -0.1) is 0 Å². The maximum atomic E-state index is 14.7. The third-order valence-corrected chi connectivity index (χ3v) is 4.56. The first-order valence-electron chi connectivity index (χ1n) is 7.08. The van der Waals surface area contributed by atoms with Crippen molar-refractivity contribution in [2.24, 2.45) is 11.8 Å². The van der Waals surface area contributed by atoms with Crippen LogP contribution in [-0.4, -0.2) is 18.8 Å². The highest BCUT2D eigenvalue weighted by atomic mass is 19.1. The quantitative estimate of drug-likeness (QED) is 0.775. The summed E-state index contributed by atoms with van der Waals surface area (Å²) in [7, 11) is 0. The van der Waals surface area contributed by atoms with Gasteiger partial charge in [0.25, 0.3) is 0 Å². The molecule has 0 aromatic carbocycles. The second kappa shape index (κ2) is 5.48. The Balaban J connectivity index is 1.84. The molecule has 2 atom stereocenters. The van der Waals surface area contributed by atoms with E-state index >= 15 is 0 Å². The molecule has 2 fully saturated rings. The molecule has 1 saturated heterocycles. The molecule has 1 aliphatic carbocycles. The van der Waals surface area contributed by atoms with Crippen LogP contribution in [-0.2, 0) is 0 Å². The van der Waals surface area contributed by atoms with E-state index in [9.17, 15) is 4.39 Å². The van der Waals surface area contributed by atoms with Gasteiger partial charge in [0.1, 0.15) is 5.67 Å². The molecule has 1 saturated carbocycles. The molecule has 0 amide bonds. The fraction of sp³-hybridized carbons (Fsp3) is 1.00. The zero-order valence-electron chi connectivity index (χ0n) is 10.6. The van der Waals surface area contributed by atoms with Gasteiger partial charge in [0.2, 0.25) is 0 Å². The Bertz CT molecular complexity index is 203. The zero-order chi connectivity index (χ0) is 11.4. The van der Waals surface area contributed by atoms with Crippen molar-refractivity contribution < 1.29 is 4.39 Å². The van der Waals surface area contributed by atoms with Gasteiger partial charge in [0, 0.05) is 12.5 Å². The van der Waals surface area contributed by atoms with Gasteiger partial charge in [-0.1, -0.05) is 32.1 Å². The van der Waals surface area contributed by atoms with Crippen LogP contribution in [0.4, 0.5) is 4.39 Å². The number of hydrogen-bond acceptors (Lipinski definition) is 1. The lowest BCUT2D eigenvalue weighted by Crippen LogP contribution is -2.42. The Hall–Kier alpha value is -0.110. The van der Waals surface area contributed by atoms with E-state index in [0.29, 0.717) is 5.92 Å². The summed E-state index contributed by atoms with van der Waals surface area (Å²) in [5.41, 5.74) is -0.935. The Morgan fingerprint density at radius 2 is 1.88 bits per heavy atom. The monoisotopic (exact) mass is 227 g/mol. The minimum Gasteiger partial charge on any atom is -0.316 e. The zero-order valence-corrected chi connectivity index (χ0v) is 10.6. The molecule has 0 aromatic heterocycles. The van der Waals surface area contributed by atoms with E-state index in [4.69, 9.17) is 0 Å². The second-order valence-corrected chi connectivity index (χ2v) is 6.03. The molecule has 2 aliphatic rings. The Kier molecular flexibility index (Phi) is 4.23. The van der Waals surface area contributed by atoms with Gasteiger partial charge in [-0.25, -0.2) is 4.39 Å². The van der Waals surface area contributed by atoms with Crippen LogP contribution in [0.25, 0.3) is 0 Å². The fourth-order valence-corrected chi connectivity index (χ4v) is 3.49. The lowest BCUT2D eigenvalue weighted by molar-refractivity contribution is 0.0487. The van der Waals surface area contributed by atoms with Gasteiger partial charge in [-0.3, -0.25) is 0 Å². The average molecular weight is 227 g/mol. The Labute approximate surface area is 99.2 Å². The van der Waals surface area contributed by atoms with Crippen LogP contribution in [0.5, 0.6) is 0 Å². The normalized spacial score (nSPS) is 32.2. The first kappa shape index (κ1) is 12.3. The molecule has 2 rings (SSSR count). The molecule has 0 radical (unpaired) electrons. The maximum absolute atomic E-state index is 14.7. The highest BCUT2D eigenvalue weighted by Crippen LogP contribution is 2.38. The maximum Gasteiger partial charge on any atom is 0.112 e. The number of nitrogens with one attached hydrogen (secondary N) is 1. The van der Waals surface area contributed by atoms with Crippen LogP contribution < -0.4 is 5.32 Å². The number of alkyl halides is 1. The average Bonchev–Trinajstić information content (AvgIpc) is 2.31. The molecule has 2 heteroatoms. The van der Waals surface area contributed by atoms with Crippen molar-refractivity contribution in [2.45, 2.75) is 64.0 Å². The van der Waals surface area contributed by atoms with E-state index in [2.05, 4.69) is 5.32 Å². The third kappa shape index (κ3) is 3.19. The van der Waals surface area contributed by atoms with E-state index in [1.807, 2.05) is 6.92 Å². The van der Waals surface area contributed by atoms with E-state index in [0.717, 1.165) is 32.4 Å². The summed E-state index contributed by atoms with van der Waals surface area (Å²) < 4.78 is 14.7. The minimum absolute atomic E-state index is 0.253. The van der Waals surface area contributed by atoms with Gasteiger partial charge in [-0.2, -0.15) is 0 Å². The smallest absolute Gasteiger partial charge is 0.112 e. The highest BCUT2D eigenvalue weighted by molar-refractivity contribution is 4.89. The number of rotatable bonds is 3. The van der Waals surface area contributed by atoms with Crippen molar-refractivity contribution in [3.05, 3.63) is 0 Å². The van der Waals surface area contributed by atoms with Gasteiger partial charge >= 0.3 is 0 Å². The first-order valence-corrected chi connectivity index (χ1v) is 7.08. The van der Waals surface area contributed by atoms with E-state index in [1.54, 1.807) is 0 Å². The molecule has 2 unspecified atom stereocenters. The van der Waals surface area contributed by atoms with Gasteiger partial charge in [0.15, 0.2) is 0 Å². The predicted octanol–water partition coefficient (Wildman–Crippen LogP) is 3.68. The van der Waals surface area contributed by atoms with Crippen molar-refractivity contribution in [1.82, 2.24) is 5.32 Å². The number of halogens is 1. The molecule has 0 bridgehead atoms. The van der Waals surface area contributed by atoms with Crippen molar-refractivity contribution in [3.63, 3.8) is 0 Å². The minimum atomic E-state index is -0.935. The Morgan fingerprint density at radius 3 is 2.50 bits per heavy atom. The van der Waals surface area contributed by atoms with E-state index in [1.165, 1.54) is 32.1 Å². The summed E-state index contributed by atoms with van der Waals surface area (Å²) in [5.74, 6) is 0.911. The molecular weight excluding hydrogens is 201 g/mol. The standard InChI is InChI=1S/C14H26FN/c1-14(15,13-8-5-9-16-11-13)10-12-6-3-2-4-7-12/h12-13,16H,2-11H2,1H3. The molecule has 0 spiro atoms. The Morgan fingerprint density at radius 1 is 1.12 bits per heavy atom. The van der Waals surface area contributed by atoms with E-state index in [-0.39, 0.29) is 5.92 Å². The third-order valence-electron chi connectivity index (χ3n) is 4.56. The molecular formula is C14H26FN. The van der Waals surface area contributed by atoms with Gasteiger partial charge < -0.3 is 5.32 Å². The van der Waals surface area contributed by atoms with Crippen molar-refractivity contribution >= 4 is 0 Å². The fourth-order valence-electron chi connectivity index (χ4n) is 3.49. The van der Waals surface area contributed by atoms with Crippen LogP contribution in [0.2, 0.25) is 0 Å². The first-order chi connectivity index (χ1) is 7.68. The van der Waals surface area contributed by atoms with Crippen molar-refractivity contribution in [1.29, 1.82) is 0 Å². The lowest BCUT2D eigenvalue weighted by atomic mass is 9.75. The second-order valence-electron chi connectivity index (χ2n) is 6.03. The van der Waals surface area contributed by atoms with Crippen LogP contribution in [0.15, 0.2) is 0 Å². The largest absolute Gasteiger partial charge is 0.316 e. The topological polar surface area (TPSA) is 12.0 Å². The summed E-state index contributed by atoms with van der Waals surface area (Å²) in [6.07, 6.45) is 9.57. The van der Waals surface area contributed by atoms with Crippen molar-refractivity contribution in [2.75, 3.05) is 13.1 Å². The molecule has 1 aliphatic heterocycles. The van der Waals surface area contributed by atoms with Crippen LogP contribution >= 0.6 is 0 Å².